The number of imide groups is 1. The van der Waals surface area contributed by atoms with Crippen molar-refractivity contribution in [3.05, 3.63) is 74.4 Å². The zero-order valence-electron chi connectivity index (χ0n) is 28.1. The van der Waals surface area contributed by atoms with Crippen LogP contribution >= 0.6 is 11.6 Å². The first-order chi connectivity index (χ1) is 24.1. The largest absolute Gasteiger partial charge is 0.496 e. The molecule has 3 aromatic rings. The summed E-state index contributed by atoms with van der Waals surface area (Å²) in [5.41, 5.74) is 4.25. The van der Waals surface area contributed by atoms with Gasteiger partial charge in [0.05, 0.1) is 24.4 Å². The molecule has 11 nitrogen and oxygen atoms in total. The van der Waals surface area contributed by atoms with Crippen molar-refractivity contribution >= 4 is 46.9 Å². The molecule has 2 N–H and O–H groups in total. The molecule has 262 valence electrons. The number of nitrogens with one attached hydrogen (secondary N) is 2. The van der Waals surface area contributed by atoms with Crippen LogP contribution in [0.5, 0.6) is 5.75 Å². The third kappa shape index (κ3) is 6.48. The molecule has 7 rings (SSSR count). The van der Waals surface area contributed by atoms with Gasteiger partial charge < -0.3 is 24.4 Å². The number of likely N-dealkylation sites (tertiary alicyclic amines) is 1. The number of piperidine rings is 3. The minimum absolute atomic E-state index is 0.0816. The van der Waals surface area contributed by atoms with Crippen molar-refractivity contribution in [1.29, 1.82) is 0 Å². The van der Waals surface area contributed by atoms with E-state index in [1.807, 2.05) is 4.90 Å². The van der Waals surface area contributed by atoms with Crippen LogP contribution in [0.2, 0.25) is 5.02 Å². The lowest BCUT2D eigenvalue weighted by atomic mass is 9.78. The van der Waals surface area contributed by atoms with Crippen LogP contribution in [-0.2, 0) is 23.2 Å². The molecule has 1 aromatic heterocycles. The number of benzene rings is 2. The molecule has 4 aliphatic rings. The molecule has 2 aromatic carbocycles. The van der Waals surface area contributed by atoms with E-state index < -0.39 is 11.9 Å². The van der Waals surface area contributed by atoms with Crippen LogP contribution in [0.25, 0.3) is 11.1 Å². The zero-order valence-corrected chi connectivity index (χ0v) is 28.9. The average Bonchev–Trinajstić information content (AvgIpc) is 3.61. The van der Waals surface area contributed by atoms with E-state index in [-0.39, 0.29) is 29.6 Å². The van der Waals surface area contributed by atoms with Gasteiger partial charge in [-0.3, -0.25) is 29.5 Å². The number of rotatable bonds is 7. The Morgan fingerprint density at radius 1 is 1.02 bits per heavy atom. The lowest BCUT2D eigenvalue weighted by molar-refractivity contribution is -0.133. The summed E-state index contributed by atoms with van der Waals surface area (Å²) in [5, 5.41) is 5.65. The number of methoxy groups -OCH3 is 1. The van der Waals surface area contributed by atoms with Crippen molar-refractivity contribution in [2.75, 3.05) is 43.5 Å². The van der Waals surface area contributed by atoms with Gasteiger partial charge in [-0.15, -0.1) is 0 Å². The van der Waals surface area contributed by atoms with Crippen molar-refractivity contribution < 1.29 is 23.5 Å². The van der Waals surface area contributed by atoms with E-state index in [0.29, 0.717) is 71.2 Å². The van der Waals surface area contributed by atoms with Gasteiger partial charge in [-0.1, -0.05) is 11.6 Å². The first-order valence-corrected chi connectivity index (χ1v) is 17.5. The second-order valence-corrected chi connectivity index (χ2v) is 14.0. The van der Waals surface area contributed by atoms with E-state index in [1.54, 1.807) is 43.7 Å². The molecule has 50 heavy (non-hydrogen) atoms. The van der Waals surface area contributed by atoms with Gasteiger partial charge in [0.15, 0.2) is 0 Å². The van der Waals surface area contributed by atoms with Crippen molar-refractivity contribution in [2.24, 2.45) is 23.9 Å². The van der Waals surface area contributed by atoms with Crippen LogP contribution in [0, 0.1) is 17.7 Å². The van der Waals surface area contributed by atoms with Gasteiger partial charge >= 0.3 is 0 Å². The SMILES string of the molecule is COc1cc(-c2cn(C)c(=O)c3c2C=NC3)cc(Cl)c1C(=O)N1CCC(C2CCN(c3ccc(NC4CCC(=O)NC4=O)cc3F)CC2)CC1. The Morgan fingerprint density at radius 3 is 2.42 bits per heavy atom. The van der Waals surface area contributed by atoms with E-state index >= 15 is 4.39 Å². The molecule has 4 aliphatic heterocycles. The van der Waals surface area contributed by atoms with Crippen molar-refractivity contribution in [3.63, 3.8) is 0 Å². The summed E-state index contributed by atoms with van der Waals surface area (Å²) in [7, 11) is 3.23. The first kappa shape index (κ1) is 33.8. The summed E-state index contributed by atoms with van der Waals surface area (Å²) in [6.45, 7) is 3.05. The molecule has 0 spiro atoms. The van der Waals surface area contributed by atoms with Gasteiger partial charge in [0.2, 0.25) is 11.8 Å². The number of carbonyl (C=O) groups excluding carboxylic acids is 3. The molecule has 3 saturated heterocycles. The molecular weight excluding hydrogens is 663 g/mol. The van der Waals surface area contributed by atoms with Crippen LogP contribution in [0.4, 0.5) is 15.8 Å². The first-order valence-electron chi connectivity index (χ1n) is 17.2. The van der Waals surface area contributed by atoms with Gasteiger partial charge in [-0.25, -0.2) is 4.39 Å². The number of aliphatic imine (C=N–C) groups is 1. The standard InChI is InChI=1S/C37H40ClFN6O5/c1-43-20-27(25-18-40-19-26(25)36(43)48)23-15-28(38)34(32(16-23)50-2)37(49)45-13-9-22(10-14-45)21-7-11-44(12-8-21)31-5-3-24(17-29(31)39)41-30-4-6-33(46)42-35(30)47/h3,5,15-18,20-22,30,41H,4,6-14,19H2,1-2H3,(H,42,46,47). The number of hydrogen-bond acceptors (Lipinski definition) is 8. The maximum absolute atomic E-state index is 15.2. The van der Waals surface area contributed by atoms with E-state index in [9.17, 15) is 19.2 Å². The maximum atomic E-state index is 15.2. The maximum Gasteiger partial charge on any atom is 0.259 e. The highest BCUT2D eigenvalue weighted by molar-refractivity contribution is 6.34. The second kappa shape index (κ2) is 13.9. The highest BCUT2D eigenvalue weighted by Crippen LogP contribution is 2.39. The van der Waals surface area contributed by atoms with Gasteiger partial charge in [0, 0.05) is 74.4 Å². The van der Waals surface area contributed by atoms with Crippen LogP contribution in [0.3, 0.4) is 0 Å². The highest BCUT2D eigenvalue weighted by atomic mass is 35.5. The summed E-state index contributed by atoms with van der Waals surface area (Å²) in [4.78, 5) is 58.2. The molecule has 0 bridgehead atoms. The Hall–Kier alpha value is -4.71. The van der Waals surface area contributed by atoms with E-state index in [4.69, 9.17) is 16.3 Å². The summed E-state index contributed by atoms with van der Waals surface area (Å²) in [6.07, 6.45) is 7.74. The normalized spacial score (nSPS) is 19.8. The van der Waals surface area contributed by atoms with Crippen molar-refractivity contribution in [2.45, 2.75) is 51.1 Å². The van der Waals surface area contributed by atoms with Crippen LogP contribution < -0.4 is 25.8 Å². The number of anilines is 2. The number of carbonyl (C=O) groups is 3. The Kier molecular flexibility index (Phi) is 9.38. The molecule has 0 saturated carbocycles. The number of nitrogens with zero attached hydrogens (tertiary/aromatic N) is 4. The Morgan fingerprint density at radius 2 is 1.74 bits per heavy atom. The minimum Gasteiger partial charge on any atom is -0.496 e. The predicted octanol–water partition coefficient (Wildman–Crippen LogP) is 4.77. The number of aryl methyl sites for hydroxylation is 1. The van der Waals surface area contributed by atoms with Gasteiger partial charge in [-0.2, -0.15) is 0 Å². The summed E-state index contributed by atoms with van der Waals surface area (Å²) in [5.74, 6) is 0.161. The number of ether oxygens (including phenoxy) is 1. The third-order valence-corrected chi connectivity index (χ3v) is 11.0. The molecule has 3 fully saturated rings. The fourth-order valence-corrected chi connectivity index (χ4v) is 8.20. The quantitative estimate of drug-likeness (QED) is 0.340. The predicted molar refractivity (Wildman–Crippen MR) is 190 cm³/mol. The number of amides is 3. The number of pyridine rings is 1. The smallest absolute Gasteiger partial charge is 0.259 e. The summed E-state index contributed by atoms with van der Waals surface area (Å²) in [6, 6.07) is 7.94. The molecule has 1 atom stereocenters. The van der Waals surface area contributed by atoms with Crippen LogP contribution in [0.15, 0.2) is 46.3 Å². The molecule has 13 heteroatoms. The number of aromatic nitrogens is 1. The number of fused-ring (bicyclic) bond motifs is 1. The molecule has 3 amide bonds. The highest BCUT2D eigenvalue weighted by Gasteiger charge is 2.34. The van der Waals surface area contributed by atoms with E-state index in [1.165, 1.54) is 17.7 Å². The fourth-order valence-electron chi connectivity index (χ4n) is 7.91. The monoisotopic (exact) mass is 702 g/mol. The minimum atomic E-state index is -0.565. The van der Waals surface area contributed by atoms with E-state index in [0.717, 1.165) is 55.5 Å². The van der Waals surface area contributed by atoms with Crippen LogP contribution in [-0.4, -0.2) is 72.7 Å². The van der Waals surface area contributed by atoms with Crippen molar-refractivity contribution in [1.82, 2.24) is 14.8 Å². The lowest BCUT2D eigenvalue weighted by Crippen LogP contribution is -2.47. The van der Waals surface area contributed by atoms with Gasteiger partial charge in [-0.05, 0) is 79.8 Å². The van der Waals surface area contributed by atoms with E-state index in [2.05, 4.69) is 20.5 Å². The second-order valence-electron chi connectivity index (χ2n) is 13.6. The van der Waals surface area contributed by atoms with Gasteiger partial charge in [0.25, 0.3) is 11.5 Å². The van der Waals surface area contributed by atoms with Crippen molar-refractivity contribution in [3.8, 4) is 16.9 Å². The Bertz CT molecular complexity index is 1950. The Labute approximate surface area is 294 Å². The number of halogens is 2. The topological polar surface area (TPSA) is 125 Å². The molecule has 5 heterocycles. The lowest BCUT2D eigenvalue weighted by Gasteiger charge is -2.41. The molecule has 0 radical (unpaired) electrons. The molecule has 1 unspecified atom stereocenters. The zero-order chi connectivity index (χ0) is 35.1. The molecule has 0 aliphatic carbocycles. The molecular formula is C37H40ClFN6O5. The fraction of sp³-hybridized carbons (Fsp3) is 0.432. The average molecular weight is 703 g/mol. The number of hydrogen-bond donors (Lipinski definition) is 2. The van der Waals surface area contributed by atoms with Crippen LogP contribution in [0.1, 0.15) is 60.0 Å². The third-order valence-electron chi connectivity index (χ3n) is 10.7. The Balaban J connectivity index is 0.954. The summed E-state index contributed by atoms with van der Waals surface area (Å²) >= 11 is 6.80. The summed E-state index contributed by atoms with van der Waals surface area (Å²) < 4.78 is 22.5. The van der Waals surface area contributed by atoms with Gasteiger partial charge in [0.1, 0.15) is 23.2 Å².